The van der Waals surface area contributed by atoms with Gasteiger partial charge in [-0.05, 0) is 28.5 Å². The van der Waals surface area contributed by atoms with Gasteiger partial charge < -0.3 is 5.32 Å². The molecule has 2 nitrogen and oxygen atoms in total. The number of carbonyl (C=O) groups is 1. The zero-order valence-corrected chi connectivity index (χ0v) is 11.0. The molecule has 0 radical (unpaired) electrons. The van der Waals surface area contributed by atoms with Crippen LogP contribution in [0.2, 0.25) is 0 Å². The number of amides is 1. The summed E-state index contributed by atoms with van der Waals surface area (Å²) in [6, 6.07) is 23.6. The summed E-state index contributed by atoms with van der Waals surface area (Å²) in [6.07, 6.45) is 0. The lowest BCUT2D eigenvalue weighted by Gasteiger charge is -2.08. The van der Waals surface area contributed by atoms with Crippen molar-refractivity contribution in [2.45, 2.75) is 6.54 Å². The van der Waals surface area contributed by atoms with Crippen molar-refractivity contribution >= 4 is 16.7 Å². The largest absolute Gasteiger partial charge is 0.348 e. The van der Waals surface area contributed by atoms with Crippen LogP contribution in [0.4, 0.5) is 0 Å². The number of fused-ring (bicyclic) bond motifs is 1. The molecule has 1 N–H and O–H groups in total. The summed E-state index contributed by atoms with van der Waals surface area (Å²) in [5.41, 5.74) is 1.82. The Morgan fingerprint density at radius 1 is 0.800 bits per heavy atom. The molecule has 2 heteroatoms. The molecule has 0 unspecified atom stereocenters. The molecule has 0 aromatic heterocycles. The van der Waals surface area contributed by atoms with Gasteiger partial charge in [-0.1, -0.05) is 60.7 Å². The highest BCUT2D eigenvalue weighted by Crippen LogP contribution is 2.18. The van der Waals surface area contributed by atoms with E-state index >= 15 is 0 Å². The van der Waals surface area contributed by atoms with Crippen LogP contribution in [-0.4, -0.2) is 5.91 Å². The van der Waals surface area contributed by atoms with Gasteiger partial charge in [0.05, 0.1) is 0 Å². The van der Waals surface area contributed by atoms with Crippen molar-refractivity contribution in [1.29, 1.82) is 0 Å². The predicted octanol–water partition coefficient (Wildman–Crippen LogP) is 3.77. The van der Waals surface area contributed by atoms with Crippen LogP contribution in [0.5, 0.6) is 0 Å². The van der Waals surface area contributed by atoms with Crippen molar-refractivity contribution in [3.05, 3.63) is 83.9 Å². The molecule has 0 heterocycles. The molecule has 0 aliphatic heterocycles. The van der Waals surface area contributed by atoms with Crippen molar-refractivity contribution in [2.75, 3.05) is 0 Å². The lowest BCUT2D eigenvalue weighted by atomic mass is 10.0. The summed E-state index contributed by atoms with van der Waals surface area (Å²) in [7, 11) is 0. The third-order valence-electron chi connectivity index (χ3n) is 3.36. The maximum absolute atomic E-state index is 12.0. The molecular formula is C18H15NO. The normalized spacial score (nSPS) is 10.4. The fourth-order valence-corrected chi connectivity index (χ4v) is 2.31. The highest BCUT2D eigenvalue weighted by molar-refractivity contribution is 5.94. The molecule has 0 spiro atoms. The first kappa shape index (κ1) is 12.4. The molecule has 0 fully saturated rings. The highest BCUT2D eigenvalue weighted by atomic mass is 16.1. The summed E-state index contributed by atoms with van der Waals surface area (Å²) >= 11 is 0. The molecule has 20 heavy (non-hydrogen) atoms. The number of nitrogens with one attached hydrogen (secondary N) is 1. The Morgan fingerprint density at radius 3 is 2.35 bits per heavy atom. The van der Waals surface area contributed by atoms with E-state index in [0.29, 0.717) is 12.1 Å². The van der Waals surface area contributed by atoms with Crippen molar-refractivity contribution in [2.24, 2.45) is 0 Å². The second-order valence-corrected chi connectivity index (χ2v) is 4.69. The fraction of sp³-hybridized carbons (Fsp3) is 0.0556. The Morgan fingerprint density at radius 2 is 1.50 bits per heavy atom. The van der Waals surface area contributed by atoms with E-state index in [1.807, 2.05) is 54.6 Å². The summed E-state index contributed by atoms with van der Waals surface area (Å²) in [4.78, 5) is 12.0. The van der Waals surface area contributed by atoms with Crippen molar-refractivity contribution < 1.29 is 4.79 Å². The Labute approximate surface area is 118 Å². The molecule has 0 aliphatic carbocycles. The van der Waals surface area contributed by atoms with Gasteiger partial charge in [0, 0.05) is 12.1 Å². The minimum absolute atomic E-state index is 0.0430. The first-order valence-electron chi connectivity index (χ1n) is 6.64. The standard InChI is InChI=1S/C18H15NO/c20-18(15-8-2-1-3-9-15)19-13-16-11-6-10-14-7-4-5-12-17(14)16/h1-12H,13H2,(H,19,20). The van der Waals surface area contributed by atoms with Crippen molar-refractivity contribution in [1.82, 2.24) is 5.32 Å². The van der Waals surface area contributed by atoms with Crippen LogP contribution < -0.4 is 5.32 Å². The fourth-order valence-electron chi connectivity index (χ4n) is 2.31. The van der Waals surface area contributed by atoms with E-state index in [2.05, 4.69) is 23.5 Å². The third kappa shape index (κ3) is 2.54. The number of rotatable bonds is 3. The Kier molecular flexibility index (Phi) is 3.46. The number of hydrogen-bond acceptors (Lipinski definition) is 1. The van der Waals surface area contributed by atoms with Gasteiger partial charge in [0.1, 0.15) is 0 Å². The minimum Gasteiger partial charge on any atom is -0.348 e. The molecule has 0 bridgehead atoms. The molecule has 3 rings (SSSR count). The van der Waals surface area contributed by atoms with Crippen LogP contribution in [-0.2, 0) is 6.54 Å². The maximum Gasteiger partial charge on any atom is 0.251 e. The van der Waals surface area contributed by atoms with Crippen LogP contribution in [0.3, 0.4) is 0 Å². The summed E-state index contributed by atoms with van der Waals surface area (Å²) in [6.45, 7) is 0.537. The van der Waals surface area contributed by atoms with E-state index in [1.54, 1.807) is 0 Å². The van der Waals surface area contributed by atoms with E-state index in [4.69, 9.17) is 0 Å². The topological polar surface area (TPSA) is 29.1 Å². The van der Waals surface area contributed by atoms with E-state index in [9.17, 15) is 4.79 Å². The second-order valence-electron chi connectivity index (χ2n) is 4.69. The number of hydrogen-bond donors (Lipinski definition) is 1. The van der Waals surface area contributed by atoms with Crippen LogP contribution in [0.25, 0.3) is 10.8 Å². The molecular weight excluding hydrogens is 246 g/mol. The molecule has 3 aromatic carbocycles. The first-order valence-corrected chi connectivity index (χ1v) is 6.64. The van der Waals surface area contributed by atoms with E-state index in [-0.39, 0.29) is 5.91 Å². The van der Waals surface area contributed by atoms with E-state index in [0.717, 1.165) is 5.56 Å². The number of carbonyl (C=O) groups excluding carboxylic acids is 1. The quantitative estimate of drug-likeness (QED) is 0.764. The third-order valence-corrected chi connectivity index (χ3v) is 3.36. The van der Waals surface area contributed by atoms with Crippen LogP contribution in [0.15, 0.2) is 72.8 Å². The first-order chi connectivity index (χ1) is 9.84. The van der Waals surface area contributed by atoms with Gasteiger partial charge in [-0.15, -0.1) is 0 Å². The molecule has 98 valence electrons. The van der Waals surface area contributed by atoms with Gasteiger partial charge in [-0.3, -0.25) is 4.79 Å². The smallest absolute Gasteiger partial charge is 0.251 e. The van der Waals surface area contributed by atoms with Gasteiger partial charge in [-0.2, -0.15) is 0 Å². The monoisotopic (exact) mass is 261 g/mol. The molecule has 0 aliphatic rings. The molecule has 1 amide bonds. The zero-order chi connectivity index (χ0) is 13.8. The summed E-state index contributed by atoms with van der Waals surface area (Å²) < 4.78 is 0. The van der Waals surface area contributed by atoms with Crippen LogP contribution >= 0.6 is 0 Å². The molecule has 0 saturated carbocycles. The van der Waals surface area contributed by atoms with E-state index < -0.39 is 0 Å². The van der Waals surface area contributed by atoms with Gasteiger partial charge in [-0.25, -0.2) is 0 Å². The van der Waals surface area contributed by atoms with Gasteiger partial charge >= 0.3 is 0 Å². The molecule has 0 saturated heterocycles. The average Bonchev–Trinajstić information content (AvgIpc) is 2.53. The zero-order valence-electron chi connectivity index (χ0n) is 11.0. The summed E-state index contributed by atoms with van der Waals surface area (Å²) in [5, 5.41) is 5.35. The van der Waals surface area contributed by atoms with Gasteiger partial charge in [0.2, 0.25) is 0 Å². The van der Waals surface area contributed by atoms with Crippen LogP contribution in [0.1, 0.15) is 15.9 Å². The summed E-state index contributed by atoms with van der Waals surface area (Å²) in [5.74, 6) is -0.0430. The Hall–Kier alpha value is -2.61. The number of benzene rings is 3. The Bertz CT molecular complexity index is 729. The van der Waals surface area contributed by atoms with Gasteiger partial charge in [0.15, 0.2) is 0 Å². The SMILES string of the molecule is O=C(NCc1cccc2ccccc12)c1ccccc1. The predicted molar refractivity (Wildman–Crippen MR) is 81.6 cm³/mol. The van der Waals surface area contributed by atoms with Gasteiger partial charge in [0.25, 0.3) is 5.91 Å². The lowest BCUT2D eigenvalue weighted by molar-refractivity contribution is 0.0951. The molecule has 3 aromatic rings. The second kappa shape index (κ2) is 5.57. The minimum atomic E-state index is -0.0430. The van der Waals surface area contributed by atoms with Crippen molar-refractivity contribution in [3.8, 4) is 0 Å². The highest BCUT2D eigenvalue weighted by Gasteiger charge is 2.05. The Balaban J connectivity index is 1.79. The van der Waals surface area contributed by atoms with Crippen LogP contribution in [0, 0.1) is 0 Å². The lowest BCUT2D eigenvalue weighted by Crippen LogP contribution is -2.22. The average molecular weight is 261 g/mol. The van der Waals surface area contributed by atoms with E-state index in [1.165, 1.54) is 10.8 Å². The maximum atomic E-state index is 12.0. The molecule has 0 atom stereocenters. The van der Waals surface area contributed by atoms with Crippen molar-refractivity contribution in [3.63, 3.8) is 0 Å².